The molecule has 41 heavy (non-hydrogen) atoms. The Morgan fingerprint density at radius 1 is 0.878 bits per heavy atom. The predicted molar refractivity (Wildman–Crippen MR) is 153 cm³/mol. The number of allylic oxidation sites excluding steroid dienone is 5. The fourth-order valence-electron chi connectivity index (χ4n) is 8.34. The Bertz CT molecular complexity index is 1330. The molecule has 0 fully saturated rings. The third-order valence-corrected chi connectivity index (χ3v) is 11.4. The Morgan fingerprint density at radius 3 is 2.05 bits per heavy atom. The van der Waals surface area contributed by atoms with Crippen LogP contribution in [0, 0.1) is 28.1 Å². The molecule has 7 heteroatoms. The van der Waals surface area contributed by atoms with E-state index in [4.69, 9.17) is 9.47 Å². The van der Waals surface area contributed by atoms with Crippen molar-refractivity contribution < 1.29 is 33.8 Å². The summed E-state index contributed by atoms with van der Waals surface area (Å²) < 4.78 is 11.1. The van der Waals surface area contributed by atoms with Crippen molar-refractivity contribution in [2.75, 3.05) is 13.2 Å². The smallest absolute Gasteiger partial charge is 0.302 e. The summed E-state index contributed by atoms with van der Waals surface area (Å²) in [6, 6.07) is 0. The Hall–Kier alpha value is -2.80. The lowest BCUT2D eigenvalue weighted by molar-refractivity contribution is -0.150. The van der Waals surface area contributed by atoms with Gasteiger partial charge in [-0.3, -0.25) is 19.2 Å². The Kier molecular flexibility index (Phi) is 7.37. The van der Waals surface area contributed by atoms with Crippen molar-refractivity contribution in [2.45, 2.75) is 98.5 Å². The summed E-state index contributed by atoms with van der Waals surface area (Å²) in [6.07, 6.45) is 10.8. The first-order valence-electron chi connectivity index (χ1n) is 15.1. The summed E-state index contributed by atoms with van der Waals surface area (Å²) in [5, 5.41) is 12.2. The topological polar surface area (TPSA) is 107 Å². The van der Waals surface area contributed by atoms with E-state index in [9.17, 15) is 24.3 Å². The molecular formula is C34H44O7. The molecule has 0 amide bonds. The number of rotatable bonds is 5. The zero-order valence-electron chi connectivity index (χ0n) is 25.4. The number of Topliss-reactive ketones (excluding diaryl/α,β-unsaturated/α-hetero) is 1. The van der Waals surface area contributed by atoms with E-state index in [0.29, 0.717) is 24.0 Å². The van der Waals surface area contributed by atoms with Gasteiger partial charge in [-0.2, -0.15) is 0 Å². The van der Waals surface area contributed by atoms with Gasteiger partial charge in [-0.1, -0.05) is 45.4 Å². The molecule has 0 heterocycles. The van der Waals surface area contributed by atoms with Gasteiger partial charge in [-0.05, 0) is 74.9 Å². The van der Waals surface area contributed by atoms with Crippen LogP contribution >= 0.6 is 0 Å². The lowest BCUT2D eigenvalue weighted by Crippen LogP contribution is -2.55. The van der Waals surface area contributed by atoms with Crippen molar-refractivity contribution >= 4 is 23.5 Å². The first kappa shape index (κ1) is 29.7. The molecule has 7 nitrogen and oxygen atoms in total. The quantitative estimate of drug-likeness (QED) is 0.438. The minimum atomic E-state index is -1.53. The maximum absolute atomic E-state index is 14.8. The highest BCUT2D eigenvalue weighted by molar-refractivity contribution is 6.13. The standard InChI is InChI=1S/C34H44O7/c1-20-9-7-11-25-28(37)15-24(16-31(20,25)5)33(18-40-22(3)35)13-14-34(39,19-41-23(4)36)27-17-32(6)21(2)10-8-12-26(32)30(38)29(27)33/h11-12,15,20-21,39H,7-10,13-14,16-19H2,1-6H3/t20-,21-,31+,32+,33+,34-/m0/s1. The highest BCUT2D eigenvalue weighted by Gasteiger charge is 2.60. The predicted octanol–water partition coefficient (Wildman–Crippen LogP) is 5.52. The van der Waals surface area contributed by atoms with Crippen LogP contribution in [0.4, 0.5) is 0 Å². The van der Waals surface area contributed by atoms with Crippen LogP contribution in [0.2, 0.25) is 0 Å². The van der Waals surface area contributed by atoms with Crippen LogP contribution < -0.4 is 0 Å². The van der Waals surface area contributed by atoms with Crippen LogP contribution in [-0.4, -0.2) is 47.4 Å². The van der Waals surface area contributed by atoms with E-state index in [2.05, 4.69) is 33.8 Å². The summed E-state index contributed by atoms with van der Waals surface area (Å²) in [6.45, 7) is 10.9. The van der Waals surface area contributed by atoms with Gasteiger partial charge in [0.2, 0.25) is 0 Å². The number of hydrogen-bond donors (Lipinski definition) is 1. The van der Waals surface area contributed by atoms with Gasteiger partial charge >= 0.3 is 11.9 Å². The first-order valence-corrected chi connectivity index (χ1v) is 15.1. The molecule has 1 N–H and O–H groups in total. The Morgan fingerprint density at radius 2 is 1.44 bits per heavy atom. The van der Waals surface area contributed by atoms with Gasteiger partial charge in [-0.25, -0.2) is 0 Å². The molecule has 0 spiro atoms. The van der Waals surface area contributed by atoms with Crippen LogP contribution in [0.3, 0.4) is 0 Å². The number of carbonyl (C=O) groups is 4. The van der Waals surface area contributed by atoms with E-state index < -0.39 is 33.8 Å². The van der Waals surface area contributed by atoms with Crippen LogP contribution in [-0.2, 0) is 28.7 Å². The normalized spacial score (nSPS) is 38.6. The SMILES string of the molecule is CC(=O)OC[C@@]1(O)CC[C@@](COC(C)=O)(C2=CC(=O)C3=CCC[C@H](C)[C@@]3(C)C2)C2=C1C[C@@]1(C)C(=CCC[C@@H]1C)C2=O. The van der Waals surface area contributed by atoms with E-state index in [0.717, 1.165) is 42.4 Å². The van der Waals surface area contributed by atoms with Crippen LogP contribution in [0.5, 0.6) is 0 Å². The van der Waals surface area contributed by atoms with Gasteiger partial charge in [0.05, 0.1) is 5.41 Å². The van der Waals surface area contributed by atoms with E-state index >= 15 is 0 Å². The lowest BCUT2D eigenvalue weighted by Gasteiger charge is -2.55. The maximum Gasteiger partial charge on any atom is 0.302 e. The highest BCUT2D eigenvalue weighted by atomic mass is 16.5. The zero-order chi connectivity index (χ0) is 30.0. The molecule has 0 bridgehead atoms. The second-order valence-electron chi connectivity index (χ2n) is 13.8. The molecule has 0 saturated carbocycles. The monoisotopic (exact) mass is 564 g/mol. The minimum absolute atomic E-state index is 0.0519. The number of fused-ring (bicyclic) bond motifs is 2. The fourth-order valence-corrected chi connectivity index (χ4v) is 8.34. The summed E-state index contributed by atoms with van der Waals surface area (Å²) in [5.74, 6) is -0.712. The van der Waals surface area contributed by atoms with E-state index in [1.807, 2.05) is 6.08 Å². The Labute approximate surface area is 243 Å². The van der Waals surface area contributed by atoms with Crippen molar-refractivity contribution in [3.63, 3.8) is 0 Å². The molecule has 0 saturated heterocycles. The summed E-state index contributed by atoms with van der Waals surface area (Å²) in [7, 11) is 0. The molecule has 5 rings (SSSR count). The molecular weight excluding hydrogens is 520 g/mol. The van der Waals surface area contributed by atoms with Gasteiger partial charge in [0.1, 0.15) is 18.8 Å². The summed E-state index contributed by atoms with van der Waals surface area (Å²) in [5.41, 5.74) is -0.147. The van der Waals surface area contributed by atoms with Gasteiger partial charge in [0.25, 0.3) is 0 Å². The average Bonchev–Trinajstić information content (AvgIpc) is 2.90. The van der Waals surface area contributed by atoms with Crippen LogP contribution in [0.15, 0.2) is 46.1 Å². The molecule has 6 atom stereocenters. The second-order valence-corrected chi connectivity index (χ2v) is 13.8. The Balaban J connectivity index is 1.76. The molecule has 5 aliphatic rings. The number of esters is 2. The molecule has 0 aromatic rings. The van der Waals surface area contributed by atoms with Crippen molar-refractivity contribution in [1.29, 1.82) is 0 Å². The number of aliphatic hydroxyl groups is 1. The molecule has 0 unspecified atom stereocenters. The van der Waals surface area contributed by atoms with Crippen molar-refractivity contribution in [1.82, 2.24) is 0 Å². The average molecular weight is 565 g/mol. The first-order chi connectivity index (χ1) is 19.2. The summed E-state index contributed by atoms with van der Waals surface area (Å²) in [4.78, 5) is 52.6. The second kappa shape index (κ2) is 10.2. The molecule has 0 aromatic heterocycles. The van der Waals surface area contributed by atoms with Gasteiger partial charge in [-0.15, -0.1) is 0 Å². The van der Waals surface area contributed by atoms with Crippen molar-refractivity contribution in [3.8, 4) is 0 Å². The van der Waals surface area contributed by atoms with E-state index in [1.54, 1.807) is 6.08 Å². The highest BCUT2D eigenvalue weighted by Crippen LogP contribution is 2.63. The minimum Gasteiger partial charge on any atom is -0.465 e. The van der Waals surface area contributed by atoms with Gasteiger partial charge < -0.3 is 14.6 Å². The summed E-state index contributed by atoms with van der Waals surface area (Å²) >= 11 is 0. The maximum atomic E-state index is 14.8. The van der Waals surface area contributed by atoms with Gasteiger partial charge in [0, 0.05) is 41.4 Å². The van der Waals surface area contributed by atoms with E-state index in [1.165, 1.54) is 13.8 Å². The fraction of sp³-hybridized carbons (Fsp3) is 0.647. The van der Waals surface area contributed by atoms with Crippen molar-refractivity contribution in [2.24, 2.45) is 28.1 Å². The molecule has 222 valence electrons. The number of carbonyl (C=O) groups excluding carboxylic acids is 4. The zero-order valence-corrected chi connectivity index (χ0v) is 25.4. The number of ketones is 2. The molecule has 5 aliphatic carbocycles. The number of ether oxygens (including phenoxy) is 2. The molecule has 0 aliphatic heterocycles. The lowest BCUT2D eigenvalue weighted by atomic mass is 9.48. The van der Waals surface area contributed by atoms with E-state index in [-0.39, 0.29) is 49.5 Å². The van der Waals surface area contributed by atoms with Crippen LogP contribution in [0.25, 0.3) is 0 Å². The van der Waals surface area contributed by atoms with Crippen LogP contribution in [0.1, 0.15) is 92.9 Å². The molecule has 0 aromatic carbocycles. The largest absolute Gasteiger partial charge is 0.465 e. The van der Waals surface area contributed by atoms with Crippen molar-refractivity contribution in [3.05, 3.63) is 46.1 Å². The molecule has 0 radical (unpaired) electrons. The third kappa shape index (κ3) is 4.59. The third-order valence-electron chi connectivity index (χ3n) is 11.4. The van der Waals surface area contributed by atoms with Gasteiger partial charge in [0.15, 0.2) is 11.6 Å². The number of hydrogen-bond acceptors (Lipinski definition) is 7.